The normalized spacial score (nSPS) is 12.4. The molecule has 0 fully saturated rings. The van der Waals surface area contributed by atoms with E-state index < -0.39 is 5.97 Å². The number of phenolic OH excluding ortho intramolecular Hbond substituents is 1. The average Bonchev–Trinajstić information content (AvgIpc) is 2.40. The standard InChI is InChI=1S/C15H23NO4/c1-4-20-14-10-12(5-6-13(14)17)9-11(2)16(3)8-7-15(18)19/h5-6,10-11,17H,4,7-9H2,1-3H3,(H,18,19). The number of likely N-dealkylation sites (N-methyl/N-ethyl adjacent to an activating group) is 1. The quantitative estimate of drug-likeness (QED) is 0.764. The predicted molar refractivity (Wildman–Crippen MR) is 77.3 cm³/mol. The molecule has 1 unspecified atom stereocenters. The largest absolute Gasteiger partial charge is 0.504 e. The number of nitrogens with zero attached hydrogens (tertiary/aromatic N) is 1. The fourth-order valence-electron chi connectivity index (χ4n) is 1.95. The van der Waals surface area contributed by atoms with Gasteiger partial charge in [0.25, 0.3) is 0 Å². The highest BCUT2D eigenvalue weighted by Crippen LogP contribution is 2.27. The Morgan fingerprint density at radius 2 is 2.15 bits per heavy atom. The highest BCUT2D eigenvalue weighted by molar-refractivity contribution is 5.66. The number of aliphatic carboxylic acids is 1. The third-order valence-corrected chi connectivity index (χ3v) is 3.29. The number of ether oxygens (including phenoxy) is 1. The molecule has 20 heavy (non-hydrogen) atoms. The fourth-order valence-corrected chi connectivity index (χ4v) is 1.95. The average molecular weight is 281 g/mol. The Balaban J connectivity index is 2.62. The summed E-state index contributed by atoms with van der Waals surface area (Å²) in [6.45, 7) is 4.95. The second-order valence-corrected chi connectivity index (χ2v) is 4.91. The summed E-state index contributed by atoms with van der Waals surface area (Å²) in [5, 5.41) is 18.3. The predicted octanol–water partition coefficient (Wildman–Crippen LogP) is 2.13. The van der Waals surface area contributed by atoms with Gasteiger partial charge in [0.15, 0.2) is 11.5 Å². The molecule has 1 aromatic carbocycles. The first-order valence-corrected chi connectivity index (χ1v) is 6.80. The summed E-state index contributed by atoms with van der Waals surface area (Å²) in [7, 11) is 1.91. The number of rotatable bonds is 8. The molecular formula is C15H23NO4. The third kappa shape index (κ3) is 5.09. The molecule has 0 spiro atoms. The van der Waals surface area contributed by atoms with Gasteiger partial charge in [-0.25, -0.2) is 0 Å². The first-order valence-electron chi connectivity index (χ1n) is 6.80. The highest BCUT2D eigenvalue weighted by Gasteiger charge is 2.12. The minimum absolute atomic E-state index is 0.139. The van der Waals surface area contributed by atoms with Crippen molar-refractivity contribution in [2.75, 3.05) is 20.2 Å². The lowest BCUT2D eigenvalue weighted by atomic mass is 10.1. The first kappa shape index (κ1) is 16.3. The van der Waals surface area contributed by atoms with Crippen molar-refractivity contribution >= 4 is 5.97 Å². The van der Waals surface area contributed by atoms with Gasteiger partial charge in [-0.15, -0.1) is 0 Å². The summed E-state index contributed by atoms with van der Waals surface area (Å²) < 4.78 is 5.36. The molecule has 0 heterocycles. The molecule has 0 radical (unpaired) electrons. The lowest BCUT2D eigenvalue weighted by Crippen LogP contribution is -2.32. The van der Waals surface area contributed by atoms with Crippen molar-refractivity contribution in [3.05, 3.63) is 23.8 Å². The van der Waals surface area contributed by atoms with Gasteiger partial charge in [0.05, 0.1) is 13.0 Å². The van der Waals surface area contributed by atoms with Crippen molar-refractivity contribution in [1.29, 1.82) is 0 Å². The van der Waals surface area contributed by atoms with Crippen LogP contribution >= 0.6 is 0 Å². The zero-order valence-corrected chi connectivity index (χ0v) is 12.3. The van der Waals surface area contributed by atoms with E-state index in [1.165, 1.54) is 0 Å². The fraction of sp³-hybridized carbons (Fsp3) is 0.533. The number of benzene rings is 1. The van der Waals surface area contributed by atoms with Crippen molar-refractivity contribution < 1.29 is 19.7 Å². The number of carbonyl (C=O) groups is 1. The molecule has 0 bridgehead atoms. The molecule has 1 rings (SSSR count). The molecule has 5 heteroatoms. The maximum absolute atomic E-state index is 10.6. The van der Waals surface area contributed by atoms with Crippen LogP contribution in [0.5, 0.6) is 11.5 Å². The molecule has 0 saturated heterocycles. The summed E-state index contributed by atoms with van der Waals surface area (Å²) in [4.78, 5) is 12.6. The summed E-state index contributed by atoms with van der Waals surface area (Å²) in [5.74, 6) is -0.153. The van der Waals surface area contributed by atoms with Crippen LogP contribution in [0.1, 0.15) is 25.8 Å². The lowest BCUT2D eigenvalue weighted by Gasteiger charge is -2.24. The Kier molecular flexibility index (Phi) is 6.31. The Bertz CT molecular complexity index is 447. The van der Waals surface area contributed by atoms with Crippen LogP contribution in [0.3, 0.4) is 0 Å². The number of hydrogen-bond acceptors (Lipinski definition) is 4. The molecule has 5 nitrogen and oxygen atoms in total. The van der Waals surface area contributed by atoms with Crippen LogP contribution in [0.4, 0.5) is 0 Å². The van der Waals surface area contributed by atoms with Crippen molar-refractivity contribution in [2.45, 2.75) is 32.7 Å². The molecule has 0 aliphatic rings. The van der Waals surface area contributed by atoms with E-state index in [0.717, 1.165) is 12.0 Å². The maximum atomic E-state index is 10.6. The van der Waals surface area contributed by atoms with Gasteiger partial charge >= 0.3 is 5.97 Å². The highest BCUT2D eigenvalue weighted by atomic mass is 16.5. The van der Waals surface area contributed by atoms with E-state index in [1.807, 2.05) is 31.0 Å². The number of phenols is 1. The van der Waals surface area contributed by atoms with Gasteiger partial charge in [0.1, 0.15) is 0 Å². The zero-order chi connectivity index (χ0) is 15.1. The first-order chi connectivity index (χ1) is 9.43. The summed E-state index contributed by atoms with van der Waals surface area (Å²) in [5.41, 5.74) is 1.06. The van der Waals surface area contributed by atoms with E-state index in [2.05, 4.69) is 6.92 Å². The molecule has 0 aliphatic heterocycles. The minimum Gasteiger partial charge on any atom is -0.504 e. The van der Waals surface area contributed by atoms with Crippen LogP contribution in [0.15, 0.2) is 18.2 Å². The van der Waals surface area contributed by atoms with E-state index >= 15 is 0 Å². The second kappa shape index (κ2) is 7.75. The van der Waals surface area contributed by atoms with Crippen molar-refractivity contribution in [3.8, 4) is 11.5 Å². The Morgan fingerprint density at radius 1 is 1.45 bits per heavy atom. The van der Waals surface area contributed by atoms with Crippen molar-refractivity contribution in [3.63, 3.8) is 0 Å². The van der Waals surface area contributed by atoms with Gasteiger partial charge in [-0.05, 0) is 45.0 Å². The monoisotopic (exact) mass is 281 g/mol. The second-order valence-electron chi connectivity index (χ2n) is 4.91. The van der Waals surface area contributed by atoms with Crippen molar-refractivity contribution in [2.24, 2.45) is 0 Å². The summed E-state index contributed by atoms with van der Waals surface area (Å²) in [6, 6.07) is 5.54. The van der Waals surface area contributed by atoms with Gasteiger partial charge in [-0.3, -0.25) is 4.79 Å². The number of carboxylic acids is 1. The molecule has 0 aliphatic carbocycles. The lowest BCUT2D eigenvalue weighted by molar-refractivity contribution is -0.137. The molecular weight excluding hydrogens is 258 g/mol. The minimum atomic E-state index is -0.785. The van der Waals surface area contributed by atoms with Crippen molar-refractivity contribution in [1.82, 2.24) is 4.90 Å². The Morgan fingerprint density at radius 3 is 2.75 bits per heavy atom. The molecule has 0 saturated carbocycles. The zero-order valence-electron chi connectivity index (χ0n) is 12.3. The Labute approximate surface area is 119 Å². The van der Waals surface area contributed by atoms with Crippen LogP contribution in [-0.2, 0) is 11.2 Å². The molecule has 1 aromatic rings. The van der Waals surface area contributed by atoms with Crippen LogP contribution in [0.25, 0.3) is 0 Å². The summed E-state index contributed by atoms with van der Waals surface area (Å²) >= 11 is 0. The van der Waals surface area contributed by atoms with Crippen LogP contribution in [-0.4, -0.2) is 47.3 Å². The van der Waals surface area contributed by atoms with Gasteiger partial charge in [-0.2, -0.15) is 0 Å². The Hall–Kier alpha value is -1.75. The SMILES string of the molecule is CCOc1cc(CC(C)N(C)CCC(=O)O)ccc1O. The van der Waals surface area contributed by atoms with E-state index in [4.69, 9.17) is 9.84 Å². The van der Waals surface area contributed by atoms with Crippen LogP contribution < -0.4 is 4.74 Å². The van der Waals surface area contributed by atoms with E-state index in [0.29, 0.717) is 18.9 Å². The number of aromatic hydroxyl groups is 1. The van der Waals surface area contributed by atoms with Gasteiger partial charge in [0, 0.05) is 12.6 Å². The molecule has 0 aromatic heterocycles. The molecule has 0 amide bonds. The van der Waals surface area contributed by atoms with Gasteiger partial charge in [-0.1, -0.05) is 6.07 Å². The maximum Gasteiger partial charge on any atom is 0.304 e. The van der Waals surface area contributed by atoms with Crippen LogP contribution in [0.2, 0.25) is 0 Å². The van der Waals surface area contributed by atoms with E-state index in [9.17, 15) is 9.90 Å². The smallest absolute Gasteiger partial charge is 0.304 e. The number of carboxylic acid groups (broad SMARTS) is 1. The molecule has 1 atom stereocenters. The molecule has 112 valence electrons. The third-order valence-electron chi connectivity index (χ3n) is 3.29. The van der Waals surface area contributed by atoms with Gasteiger partial charge < -0.3 is 19.8 Å². The van der Waals surface area contributed by atoms with Gasteiger partial charge in [0.2, 0.25) is 0 Å². The topological polar surface area (TPSA) is 70.0 Å². The van der Waals surface area contributed by atoms with Crippen LogP contribution in [0, 0.1) is 0 Å². The molecule has 2 N–H and O–H groups in total. The summed E-state index contributed by atoms with van der Waals surface area (Å²) in [6.07, 6.45) is 0.914. The van der Waals surface area contributed by atoms with E-state index in [1.54, 1.807) is 6.07 Å². The van der Waals surface area contributed by atoms with E-state index in [-0.39, 0.29) is 18.2 Å². The number of hydrogen-bond donors (Lipinski definition) is 2.